The van der Waals surface area contributed by atoms with Crippen LogP contribution in [0.5, 0.6) is 0 Å². The summed E-state index contributed by atoms with van der Waals surface area (Å²) in [5.74, 6) is 0. The van der Waals surface area contributed by atoms with Crippen molar-refractivity contribution in [3.05, 3.63) is 42.1 Å². The number of para-hydroxylation sites is 1. The highest BCUT2D eigenvalue weighted by atomic mass is 19.1. The summed E-state index contributed by atoms with van der Waals surface area (Å²) < 4.78 is 13.2. The molecule has 1 aromatic heterocycles. The van der Waals surface area contributed by atoms with Gasteiger partial charge in [-0.3, -0.25) is 4.98 Å². The van der Waals surface area contributed by atoms with E-state index in [1.54, 1.807) is 12.3 Å². The maximum absolute atomic E-state index is 13.2. The van der Waals surface area contributed by atoms with Crippen LogP contribution < -0.4 is 5.73 Å². The molecule has 0 aliphatic rings. The second-order valence-electron chi connectivity index (χ2n) is 3.16. The highest BCUT2D eigenvalue weighted by Gasteiger charge is 2.07. The molecule has 1 aromatic carbocycles. The summed E-state index contributed by atoms with van der Waals surface area (Å²) in [6.45, 7) is 0.0000201. The van der Waals surface area contributed by atoms with E-state index in [0.29, 0.717) is 5.56 Å². The fraction of sp³-hybridized carbons (Fsp3) is 0.182. The Balaban J connectivity index is 2.51. The molecule has 0 amide bonds. The van der Waals surface area contributed by atoms with E-state index in [1.807, 2.05) is 24.3 Å². The number of aromatic nitrogens is 1. The fourth-order valence-electron chi connectivity index (χ4n) is 1.40. The van der Waals surface area contributed by atoms with Crippen LogP contribution in [0.15, 0.2) is 36.5 Å². The minimum absolute atomic E-state index is 0.0000201. The van der Waals surface area contributed by atoms with E-state index in [9.17, 15) is 4.39 Å². The van der Waals surface area contributed by atoms with Gasteiger partial charge in [0.15, 0.2) is 0 Å². The lowest BCUT2D eigenvalue weighted by molar-refractivity contribution is 0.352. The molecule has 72 valence electrons. The third kappa shape index (κ3) is 1.59. The maximum atomic E-state index is 13.2. The zero-order valence-electron chi connectivity index (χ0n) is 7.65. The topological polar surface area (TPSA) is 38.9 Å². The van der Waals surface area contributed by atoms with Gasteiger partial charge in [0.1, 0.15) is 6.17 Å². The molecule has 2 aromatic rings. The van der Waals surface area contributed by atoms with Gasteiger partial charge in [-0.15, -0.1) is 0 Å². The number of hydrogen-bond donors (Lipinski definition) is 1. The zero-order chi connectivity index (χ0) is 9.97. The number of halogens is 1. The molecule has 1 unspecified atom stereocenters. The lowest BCUT2D eigenvalue weighted by Crippen LogP contribution is -2.07. The first-order valence-corrected chi connectivity index (χ1v) is 4.50. The predicted octanol–water partition coefficient (Wildman–Crippen LogP) is 2.20. The Morgan fingerprint density at radius 3 is 2.93 bits per heavy atom. The average molecular weight is 190 g/mol. The average Bonchev–Trinajstić information content (AvgIpc) is 2.27. The molecular weight excluding hydrogens is 179 g/mol. The van der Waals surface area contributed by atoms with Crippen molar-refractivity contribution in [3.63, 3.8) is 0 Å². The van der Waals surface area contributed by atoms with Crippen LogP contribution >= 0.6 is 0 Å². The number of rotatable bonds is 2. The van der Waals surface area contributed by atoms with E-state index in [1.165, 1.54) is 0 Å². The summed E-state index contributed by atoms with van der Waals surface area (Å²) in [7, 11) is 0. The van der Waals surface area contributed by atoms with Crippen LogP contribution in [0, 0.1) is 0 Å². The number of alkyl halides is 1. The van der Waals surface area contributed by atoms with Gasteiger partial charge in [-0.2, -0.15) is 0 Å². The Morgan fingerprint density at radius 2 is 2.14 bits per heavy atom. The van der Waals surface area contributed by atoms with Crippen molar-refractivity contribution in [1.29, 1.82) is 0 Å². The molecule has 2 nitrogen and oxygen atoms in total. The van der Waals surface area contributed by atoms with Crippen LogP contribution in [0.3, 0.4) is 0 Å². The summed E-state index contributed by atoms with van der Waals surface area (Å²) in [5, 5.41) is 0.945. The minimum atomic E-state index is -1.12. The van der Waals surface area contributed by atoms with Crippen molar-refractivity contribution in [2.24, 2.45) is 5.73 Å². The second-order valence-corrected chi connectivity index (χ2v) is 3.16. The lowest BCUT2D eigenvalue weighted by Gasteiger charge is -2.05. The molecule has 0 saturated heterocycles. The number of benzene rings is 1. The lowest BCUT2D eigenvalue weighted by atomic mass is 10.1. The quantitative estimate of drug-likeness (QED) is 0.788. The van der Waals surface area contributed by atoms with Gasteiger partial charge >= 0.3 is 0 Å². The van der Waals surface area contributed by atoms with Gasteiger partial charge in [-0.1, -0.05) is 18.2 Å². The molecule has 2 rings (SSSR count). The van der Waals surface area contributed by atoms with Crippen molar-refractivity contribution in [1.82, 2.24) is 4.98 Å². The first-order valence-electron chi connectivity index (χ1n) is 4.50. The van der Waals surface area contributed by atoms with E-state index in [0.717, 1.165) is 10.9 Å². The van der Waals surface area contributed by atoms with Crippen LogP contribution in [-0.2, 0) is 0 Å². The summed E-state index contributed by atoms with van der Waals surface area (Å²) in [4.78, 5) is 4.15. The summed E-state index contributed by atoms with van der Waals surface area (Å²) in [5.41, 5.74) is 6.67. The first-order chi connectivity index (χ1) is 6.81. The standard InChI is InChI=1S/C11H11FN2/c12-10(6-13)9-5-8-3-1-2-4-11(8)14-7-9/h1-5,7,10H,6,13H2. The number of fused-ring (bicyclic) bond motifs is 1. The molecule has 0 radical (unpaired) electrons. The molecule has 0 saturated carbocycles. The van der Waals surface area contributed by atoms with Crippen molar-refractivity contribution in [2.45, 2.75) is 6.17 Å². The third-order valence-corrected chi connectivity index (χ3v) is 2.18. The minimum Gasteiger partial charge on any atom is -0.327 e. The number of nitrogens with two attached hydrogens (primary N) is 1. The van der Waals surface area contributed by atoms with Crippen LogP contribution in [0.2, 0.25) is 0 Å². The van der Waals surface area contributed by atoms with Crippen molar-refractivity contribution < 1.29 is 4.39 Å². The largest absolute Gasteiger partial charge is 0.327 e. The molecule has 0 fully saturated rings. The van der Waals surface area contributed by atoms with Gasteiger partial charge < -0.3 is 5.73 Å². The number of nitrogens with zero attached hydrogens (tertiary/aromatic N) is 1. The fourth-order valence-corrected chi connectivity index (χ4v) is 1.40. The Bertz CT molecular complexity index is 442. The van der Waals surface area contributed by atoms with Gasteiger partial charge in [0.2, 0.25) is 0 Å². The Hall–Kier alpha value is -1.48. The van der Waals surface area contributed by atoms with E-state index in [4.69, 9.17) is 5.73 Å². The van der Waals surface area contributed by atoms with Gasteiger partial charge in [-0.05, 0) is 12.1 Å². The first kappa shape index (κ1) is 9.09. The predicted molar refractivity (Wildman–Crippen MR) is 54.6 cm³/mol. The normalized spacial score (nSPS) is 13.0. The smallest absolute Gasteiger partial charge is 0.139 e. The summed E-state index contributed by atoms with van der Waals surface area (Å²) in [6, 6.07) is 9.41. The van der Waals surface area contributed by atoms with E-state index < -0.39 is 6.17 Å². The summed E-state index contributed by atoms with van der Waals surface area (Å²) in [6.07, 6.45) is 0.423. The van der Waals surface area contributed by atoms with Crippen molar-refractivity contribution in [3.8, 4) is 0 Å². The monoisotopic (exact) mass is 190 g/mol. The Labute approximate surface area is 81.6 Å². The molecule has 0 spiro atoms. The van der Waals surface area contributed by atoms with Crippen LogP contribution in [-0.4, -0.2) is 11.5 Å². The molecule has 1 atom stereocenters. The molecular formula is C11H11FN2. The van der Waals surface area contributed by atoms with Gasteiger partial charge in [-0.25, -0.2) is 4.39 Å². The molecule has 0 aliphatic carbocycles. The van der Waals surface area contributed by atoms with E-state index >= 15 is 0 Å². The molecule has 3 heteroatoms. The zero-order valence-corrected chi connectivity index (χ0v) is 7.65. The molecule has 0 bridgehead atoms. The van der Waals surface area contributed by atoms with Crippen LogP contribution in [0.4, 0.5) is 4.39 Å². The second kappa shape index (κ2) is 3.72. The Kier molecular flexibility index (Phi) is 2.41. The third-order valence-electron chi connectivity index (χ3n) is 2.18. The molecule has 14 heavy (non-hydrogen) atoms. The SMILES string of the molecule is NCC(F)c1cnc2ccccc2c1. The highest BCUT2D eigenvalue weighted by Crippen LogP contribution is 2.19. The van der Waals surface area contributed by atoms with Crippen molar-refractivity contribution in [2.75, 3.05) is 6.54 Å². The van der Waals surface area contributed by atoms with Gasteiger partial charge in [0.25, 0.3) is 0 Å². The van der Waals surface area contributed by atoms with E-state index in [-0.39, 0.29) is 6.54 Å². The maximum Gasteiger partial charge on any atom is 0.139 e. The number of pyridine rings is 1. The molecule has 0 aliphatic heterocycles. The highest BCUT2D eigenvalue weighted by molar-refractivity contribution is 5.78. The van der Waals surface area contributed by atoms with Crippen LogP contribution in [0.25, 0.3) is 10.9 Å². The van der Waals surface area contributed by atoms with Gasteiger partial charge in [0, 0.05) is 23.7 Å². The molecule has 1 heterocycles. The Morgan fingerprint density at radius 1 is 1.36 bits per heavy atom. The summed E-state index contributed by atoms with van der Waals surface area (Å²) >= 11 is 0. The van der Waals surface area contributed by atoms with Crippen molar-refractivity contribution >= 4 is 10.9 Å². The van der Waals surface area contributed by atoms with E-state index in [2.05, 4.69) is 4.98 Å². The van der Waals surface area contributed by atoms with Crippen LogP contribution in [0.1, 0.15) is 11.7 Å². The van der Waals surface area contributed by atoms with Gasteiger partial charge in [0.05, 0.1) is 5.52 Å². The molecule has 2 N–H and O–H groups in total. The number of hydrogen-bond acceptors (Lipinski definition) is 2.